The van der Waals surface area contributed by atoms with Crippen molar-refractivity contribution in [1.82, 2.24) is 0 Å². The summed E-state index contributed by atoms with van der Waals surface area (Å²) in [7, 11) is -6.52. The Hall–Kier alpha value is 0.420. The van der Waals surface area contributed by atoms with Crippen LogP contribution in [0.2, 0.25) is 0 Å². The molecule has 3 bridgehead atoms. The van der Waals surface area contributed by atoms with Crippen molar-refractivity contribution < 1.29 is 33.2 Å². The van der Waals surface area contributed by atoms with Gasteiger partial charge in [0.1, 0.15) is 0 Å². The van der Waals surface area contributed by atoms with Crippen molar-refractivity contribution in [2.24, 2.45) is 10.8 Å². The average molecular weight is 749 g/mol. The molecule has 0 unspecified atom stereocenters. The second-order valence-electron chi connectivity index (χ2n) is 16.8. The first-order chi connectivity index (χ1) is 24.1. The van der Waals surface area contributed by atoms with E-state index >= 15 is 0 Å². The van der Waals surface area contributed by atoms with Gasteiger partial charge in [0.2, 0.25) is 0 Å². The van der Waals surface area contributed by atoms with Crippen LogP contribution in [0.5, 0.6) is 0 Å². The van der Waals surface area contributed by atoms with Crippen LogP contribution >= 0.6 is 16.4 Å². The lowest BCUT2D eigenvalue weighted by atomic mass is 9.63. The van der Waals surface area contributed by atoms with Crippen LogP contribution in [0, 0.1) is 10.8 Å². The number of unbranched alkanes of at least 4 members (excludes halogenated alkanes) is 28. The summed E-state index contributed by atoms with van der Waals surface area (Å²) < 4.78 is 21.5. The van der Waals surface area contributed by atoms with Crippen LogP contribution in [0.15, 0.2) is 0 Å². The molecule has 7 nitrogen and oxygen atoms in total. The Morgan fingerprint density at radius 3 is 1.14 bits per heavy atom. The molecule has 0 heterocycles. The van der Waals surface area contributed by atoms with Gasteiger partial charge in [-0.3, -0.25) is 4.52 Å². The van der Waals surface area contributed by atoms with Crippen LogP contribution in [0.1, 0.15) is 239 Å². The fraction of sp³-hybridized carbons (Fsp3) is 1.00. The molecule has 9 heteroatoms. The predicted molar refractivity (Wildman–Crippen MR) is 211 cm³/mol. The predicted octanol–water partition coefficient (Wildman–Crippen LogP) is 13.8. The third-order valence-electron chi connectivity index (χ3n) is 12.2. The normalized spacial score (nSPS) is 23.5. The quantitative estimate of drug-likeness (QED) is 0.0376. The van der Waals surface area contributed by atoms with Crippen LogP contribution in [0.3, 0.4) is 0 Å². The van der Waals surface area contributed by atoms with Gasteiger partial charge in [-0.2, -0.15) is 0 Å². The van der Waals surface area contributed by atoms with E-state index in [1.54, 1.807) is 0 Å². The van der Waals surface area contributed by atoms with Crippen molar-refractivity contribution >= 4 is 16.4 Å². The average Bonchev–Trinajstić information content (AvgIpc) is 3.63. The summed E-state index contributed by atoms with van der Waals surface area (Å²) in [5.41, 5.74) is -0.00101. The minimum Gasteiger partial charge on any atom is -0.328 e. The van der Waals surface area contributed by atoms with Gasteiger partial charge in [0.05, 0.1) is 12.2 Å². The van der Waals surface area contributed by atoms with Gasteiger partial charge in [0.15, 0.2) is 0 Å². The number of phosphoric acid groups is 1. The van der Waals surface area contributed by atoms with Crippen LogP contribution in [0.25, 0.3) is 0 Å². The molecule has 0 aromatic heterocycles. The number of hydrogen-bond acceptors (Lipinski definition) is 5. The Bertz CT molecular complexity index is 850. The Morgan fingerprint density at radius 2 is 0.820 bits per heavy atom. The molecule has 0 aromatic carbocycles. The van der Waals surface area contributed by atoms with Crippen molar-refractivity contribution in [1.29, 1.82) is 0 Å². The van der Waals surface area contributed by atoms with E-state index in [9.17, 15) is 14.4 Å². The fourth-order valence-electron chi connectivity index (χ4n) is 9.74. The van der Waals surface area contributed by atoms with Crippen molar-refractivity contribution in [3.05, 3.63) is 0 Å². The second-order valence-corrected chi connectivity index (χ2v) is 18.7. The zero-order valence-corrected chi connectivity index (χ0v) is 34.7. The van der Waals surface area contributed by atoms with Crippen molar-refractivity contribution in [3.8, 4) is 0 Å². The summed E-state index contributed by atoms with van der Waals surface area (Å²) in [4.78, 5) is 35.8. The Morgan fingerprint density at radius 1 is 0.500 bits per heavy atom. The van der Waals surface area contributed by atoms with Crippen molar-refractivity contribution in [2.75, 3.05) is 6.61 Å². The van der Waals surface area contributed by atoms with Crippen molar-refractivity contribution in [2.45, 2.75) is 244 Å². The van der Waals surface area contributed by atoms with E-state index in [2.05, 4.69) is 13.8 Å². The highest BCUT2D eigenvalue weighted by Crippen LogP contribution is 2.87. The molecule has 0 radical (unpaired) electrons. The number of rotatable bonds is 35. The van der Waals surface area contributed by atoms with Crippen LogP contribution < -0.4 is 0 Å². The van der Waals surface area contributed by atoms with E-state index in [0.717, 1.165) is 44.9 Å². The van der Waals surface area contributed by atoms with Crippen LogP contribution in [0.4, 0.5) is 0 Å². The smallest absolute Gasteiger partial charge is 0.328 e. The minimum atomic E-state index is -4.37. The maximum absolute atomic E-state index is 11.4. The maximum Gasteiger partial charge on any atom is 0.470 e. The van der Waals surface area contributed by atoms with E-state index in [4.69, 9.17) is 18.8 Å². The molecule has 0 atom stereocenters. The third kappa shape index (κ3) is 19.1. The molecule has 0 amide bonds. The highest BCUT2D eigenvalue weighted by Gasteiger charge is 2.83. The third-order valence-corrected chi connectivity index (χ3v) is 13.2. The molecule has 0 aliphatic heterocycles. The number of hydrogen-bond donors (Lipinski definition) is 4. The lowest BCUT2D eigenvalue weighted by Crippen LogP contribution is -2.42. The minimum absolute atomic E-state index is 0.0885. The van der Waals surface area contributed by atoms with Crippen molar-refractivity contribution in [3.63, 3.8) is 0 Å². The lowest BCUT2D eigenvalue weighted by molar-refractivity contribution is -0.0485. The zero-order valence-electron chi connectivity index (χ0n) is 32.9. The van der Waals surface area contributed by atoms with Crippen LogP contribution in [-0.2, 0) is 13.6 Å². The molecule has 6 rings (SSSR count). The first-order valence-electron chi connectivity index (χ1n) is 21.7. The van der Waals surface area contributed by atoms with Gasteiger partial charge in [0, 0.05) is 5.41 Å². The fourth-order valence-corrected chi connectivity index (χ4v) is 10.8. The highest BCUT2D eigenvalue weighted by molar-refractivity contribution is 7.46. The molecular formula is C41H82O7P2. The molecule has 6 aliphatic carbocycles. The molecule has 6 aliphatic rings. The summed E-state index contributed by atoms with van der Waals surface area (Å²) in [5, 5.41) is 0. The van der Waals surface area contributed by atoms with E-state index in [0.29, 0.717) is 12.0 Å². The SMILES string of the molecule is CCCCCCCCCCCCCCCCC12CC3(C1)CC2(OP(=O)(O)O)C3.CCCCCCCCCCCCCCCCCCOP(O)O. The standard InChI is InChI=1S/C23H43O4P.C18H39O3P/c1-2-3-4-5-6-7-8-9-10-11-12-13-14-15-16-22-17-21(18-22)19-23(22,20-21)27-28(24,25)26;1-2-3-4-5-6-7-8-9-10-11-12-13-14-15-16-17-18-21-22(19)20/h2-20H2,1H3,(H2,24,25,26);19-20H,2-18H2,1H3. The molecule has 50 heavy (non-hydrogen) atoms. The molecule has 0 aromatic rings. The Balaban J connectivity index is 0.000000359. The van der Waals surface area contributed by atoms with Gasteiger partial charge >= 0.3 is 16.4 Å². The summed E-state index contributed by atoms with van der Waals surface area (Å²) in [6.45, 7) is 5.03. The van der Waals surface area contributed by atoms with Gasteiger partial charge in [-0.05, 0) is 43.9 Å². The maximum atomic E-state index is 11.4. The Labute approximate surface area is 310 Å². The molecule has 6 saturated carbocycles. The highest BCUT2D eigenvalue weighted by atomic mass is 31.2. The number of phosphoric ester groups is 1. The van der Waals surface area contributed by atoms with Gasteiger partial charge in [-0.15, -0.1) is 0 Å². The van der Waals surface area contributed by atoms with Gasteiger partial charge in [-0.1, -0.05) is 200 Å². The largest absolute Gasteiger partial charge is 0.470 e. The monoisotopic (exact) mass is 749 g/mol. The summed E-state index contributed by atoms with van der Waals surface area (Å²) in [5.74, 6) is 0. The summed E-state index contributed by atoms with van der Waals surface area (Å²) >= 11 is 0. The Kier molecular flexibility index (Phi) is 25.2. The van der Waals surface area contributed by atoms with Gasteiger partial charge < -0.3 is 24.1 Å². The molecular weight excluding hydrogens is 666 g/mol. The molecule has 4 N–H and O–H groups in total. The van der Waals surface area contributed by atoms with E-state index in [-0.39, 0.29) is 5.41 Å². The van der Waals surface area contributed by atoms with Gasteiger partial charge in [0.25, 0.3) is 0 Å². The lowest BCUT2D eigenvalue weighted by Gasteiger charge is -2.41. The summed E-state index contributed by atoms with van der Waals surface area (Å²) in [6, 6.07) is 0. The molecule has 0 saturated heterocycles. The van der Waals surface area contributed by atoms with E-state index < -0.39 is 22.0 Å². The topological polar surface area (TPSA) is 116 Å². The molecule has 6 fully saturated rings. The van der Waals surface area contributed by atoms with Crippen LogP contribution in [-0.4, -0.2) is 31.8 Å². The molecule has 1 spiro atoms. The molecule has 298 valence electrons. The first kappa shape index (κ1) is 46.6. The summed E-state index contributed by atoms with van der Waals surface area (Å²) in [6.07, 6.45) is 45.9. The van der Waals surface area contributed by atoms with Gasteiger partial charge in [-0.25, -0.2) is 4.57 Å². The second kappa shape index (κ2) is 27.1. The first-order valence-corrected chi connectivity index (χ1v) is 24.4. The zero-order chi connectivity index (χ0) is 36.4. The van der Waals surface area contributed by atoms with E-state index in [1.165, 1.54) is 180 Å². The van der Waals surface area contributed by atoms with E-state index in [1.807, 2.05) is 0 Å².